The third-order valence-corrected chi connectivity index (χ3v) is 5.54. The SMILES string of the molecule is COc1ccc(Cl)cc1NC(=O)C(C)N(c1cc(C)ccc1OC)S(C)(=O)=O. The van der Waals surface area contributed by atoms with Crippen molar-refractivity contribution in [2.45, 2.75) is 19.9 Å². The minimum Gasteiger partial charge on any atom is -0.495 e. The highest BCUT2D eigenvalue weighted by atomic mass is 35.5. The van der Waals surface area contributed by atoms with Crippen LogP contribution in [0.2, 0.25) is 5.02 Å². The number of rotatable bonds is 7. The Morgan fingerprint density at radius 2 is 1.71 bits per heavy atom. The van der Waals surface area contributed by atoms with Crippen molar-refractivity contribution >= 4 is 38.9 Å². The maximum absolute atomic E-state index is 12.9. The van der Waals surface area contributed by atoms with Gasteiger partial charge >= 0.3 is 0 Å². The monoisotopic (exact) mass is 426 g/mol. The average Bonchev–Trinajstić information content (AvgIpc) is 2.61. The molecule has 1 atom stereocenters. The molecule has 0 spiro atoms. The Bertz CT molecular complexity index is 978. The van der Waals surface area contributed by atoms with Gasteiger partial charge < -0.3 is 14.8 Å². The molecule has 2 rings (SSSR count). The van der Waals surface area contributed by atoms with Crippen LogP contribution in [0.15, 0.2) is 36.4 Å². The number of sulfonamides is 1. The second kappa shape index (κ2) is 8.70. The van der Waals surface area contributed by atoms with E-state index in [1.165, 1.54) is 27.2 Å². The first-order chi connectivity index (χ1) is 13.1. The minimum absolute atomic E-state index is 0.283. The van der Waals surface area contributed by atoms with Crippen LogP contribution in [-0.4, -0.2) is 40.8 Å². The molecule has 1 amide bonds. The molecule has 0 heterocycles. The number of nitrogens with one attached hydrogen (secondary N) is 1. The van der Waals surface area contributed by atoms with Crippen LogP contribution in [0, 0.1) is 6.92 Å². The van der Waals surface area contributed by atoms with E-state index in [2.05, 4.69) is 5.32 Å². The second-order valence-electron chi connectivity index (χ2n) is 6.24. The zero-order valence-electron chi connectivity index (χ0n) is 16.3. The number of halogens is 1. The first-order valence-corrected chi connectivity index (χ1v) is 10.6. The van der Waals surface area contributed by atoms with Crippen molar-refractivity contribution in [2.75, 3.05) is 30.1 Å². The summed E-state index contributed by atoms with van der Waals surface area (Å²) in [6.45, 7) is 3.32. The Labute approximate surface area is 170 Å². The summed E-state index contributed by atoms with van der Waals surface area (Å²) in [5.41, 5.74) is 1.45. The zero-order chi connectivity index (χ0) is 21.1. The lowest BCUT2D eigenvalue weighted by molar-refractivity contribution is -0.116. The standard InChI is InChI=1S/C19H23ClN2O5S/c1-12-6-8-18(27-4)16(10-12)22(28(5,24)25)13(2)19(23)21-15-11-14(20)7-9-17(15)26-3/h6-11,13H,1-5H3,(H,21,23). The van der Waals surface area contributed by atoms with E-state index in [0.717, 1.165) is 16.1 Å². The highest BCUT2D eigenvalue weighted by Gasteiger charge is 2.31. The summed E-state index contributed by atoms with van der Waals surface area (Å²) < 4.78 is 36.6. The first-order valence-electron chi connectivity index (χ1n) is 8.37. The minimum atomic E-state index is -3.79. The van der Waals surface area contributed by atoms with Gasteiger partial charge in [-0.05, 0) is 49.7 Å². The quantitative estimate of drug-likeness (QED) is 0.732. The molecule has 0 radical (unpaired) electrons. The number of benzene rings is 2. The summed E-state index contributed by atoms with van der Waals surface area (Å²) in [6.07, 6.45) is 1.04. The maximum Gasteiger partial charge on any atom is 0.248 e. The van der Waals surface area contributed by atoms with Crippen molar-refractivity contribution in [3.63, 3.8) is 0 Å². The molecule has 2 aromatic carbocycles. The van der Waals surface area contributed by atoms with Gasteiger partial charge in [0.25, 0.3) is 0 Å². The van der Waals surface area contributed by atoms with Crippen molar-refractivity contribution in [2.24, 2.45) is 0 Å². The van der Waals surface area contributed by atoms with Gasteiger partial charge in [-0.15, -0.1) is 0 Å². The number of anilines is 2. The first kappa shape index (κ1) is 21.8. The van der Waals surface area contributed by atoms with Crippen LogP contribution in [0.5, 0.6) is 11.5 Å². The number of carbonyl (C=O) groups is 1. The van der Waals surface area contributed by atoms with Gasteiger partial charge in [0.05, 0.1) is 31.9 Å². The third-order valence-electron chi connectivity index (χ3n) is 4.08. The van der Waals surface area contributed by atoms with Gasteiger partial charge in [-0.25, -0.2) is 8.42 Å². The molecular formula is C19H23ClN2O5S. The van der Waals surface area contributed by atoms with Crippen LogP contribution < -0.4 is 19.1 Å². The van der Waals surface area contributed by atoms with Crippen molar-refractivity contribution in [3.05, 3.63) is 47.0 Å². The molecule has 0 aliphatic heterocycles. The van der Waals surface area contributed by atoms with E-state index in [4.69, 9.17) is 21.1 Å². The highest BCUT2D eigenvalue weighted by Crippen LogP contribution is 2.33. The Hall–Kier alpha value is -2.45. The zero-order valence-corrected chi connectivity index (χ0v) is 17.9. The normalized spacial score (nSPS) is 12.2. The predicted molar refractivity (Wildman–Crippen MR) is 111 cm³/mol. The third kappa shape index (κ3) is 4.88. The molecule has 1 unspecified atom stereocenters. The van der Waals surface area contributed by atoms with Crippen LogP contribution in [-0.2, 0) is 14.8 Å². The number of carbonyl (C=O) groups excluding carboxylic acids is 1. The molecule has 0 fully saturated rings. The molecule has 0 aromatic heterocycles. The number of ether oxygens (including phenoxy) is 2. The number of aryl methyl sites for hydroxylation is 1. The Morgan fingerprint density at radius 3 is 2.29 bits per heavy atom. The molecule has 1 N–H and O–H groups in total. The summed E-state index contributed by atoms with van der Waals surface area (Å²) in [5.74, 6) is 0.203. The molecule has 0 bridgehead atoms. The Morgan fingerprint density at radius 1 is 1.11 bits per heavy atom. The predicted octanol–water partition coefficient (Wildman–Crippen LogP) is 3.46. The fraction of sp³-hybridized carbons (Fsp3) is 0.316. The van der Waals surface area contributed by atoms with E-state index in [9.17, 15) is 13.2 Å². The smallest absolute Gasteiger partial charge is 0.248 e. The molecule has 7 nitrogen and oxygen atoms in total. The average molecular weight is 427 g/mol. The van der Waals surface area contributed by atoms with Crippen LogP contribution in [0.3, 0.4) is 0 Å². The van der Waals surface area contributed by atoms with Crippen LogP contribution in [0.1, 0.15) is 12.5 Å². The van der Waals surface area contributed by atoms with E-state index in [1.807, 2.05) is 6.92 Å². The fourth-order valence-corrected chi connectivity index (χ4v) is 4.11. The second-order valence-corrected chi connectivity index (χ2v) is 8.54. The molecule has 28 heavy (non-hydrogen) atoms. The van der Waals surface area contributed by atoms with E-state index in [1.54, 1.807) is 30.3 Å². The van der Waals surface area contributed by atoms with Crippen LogP contribution in [0.25, 0.3) is 0 Å². The summed E-state index contributed by atoms with van der Waals surface area (Å²) >= 11 is 6.00. The topological polar surface area (TPSA) is 84.9 Å². The largest absolute Gasteiger partial charge is 0.495 e. The summed E-state index contributed by atoms with van der Waals surface area (Å²) in [6, 6.07) is 8.82. The molecule has 0 aliphatic carbocycles. The van der Waals surface area contributed by atoms with E-state index >= 15 is 0 Å². The van der Waals surface area contributed by atoms with Crippen LogP contribution >= 0.6 is 11.6 Å². The molecule has 2 aromatic rings. The lowest BCUT2D eigenvalue weighted by Crippen LogP contribution is -2.45. The van der Waals surface area contributed by atoms with Gasteiger partial charge in [0, 0.05) is 5.02 Å². The van der Waals surface area contributed by atoms with Gasteiger partial charge in [0.1, 0.15) is 17.5 Å². The van der Waals surface area contributed by atoms with Gasteiger partial charge in [0.15, 0.2) is 0 Å². The number of hydrogen-bond acceptors (Lipinski definition) is 5. The van der Waals surface area contributed by atoms with Gasteiger partial charge in [-0.2, -0.15) is 0 Å². The number of nitrogens with zero attached hydrogens (tertiary/aromatic N) is 1. The molecule has 0 saturated heterocycles. The Balaban J connectivity index is 2.45. The molecule has 0 aliphatic rings. The highest BCUT2D eigenvalue weighted by molar-refractivity contribution is 7.92. The summed E-state index contributed by atoms with van der Waals surface area (Å²) in [7, 11) is -0.891. The van der Waals surface area contributed by atoms with E-state index in [0.29, 0.717) is 22.2 Å². The molecular weight excluding hydrogens is 404 g/mol. The Kier molecular flexibility index (Phi) is 6.79. The number of methoxy groups -OCH3 is 2. The summed E-state index contributed by atoms with van der Waals surface area (Å²) in [4.78, 5) is 12.9. The number of hydrogen-bond donors (Lipinski definition) is 1. The van der Waals surface area contributed by atoms with Crippen molar-refractivity contribution < 1.29 is 22.7 Å². The van der Waals surface area contributed by atoms with Crippen molar-refractivity contribution in [3.8, 4) is 11.5 Å². The molecule has 0 saturated carbocycles. The van der Waals surface area contributed by atoms with Gasteiger partial charge in [-0.1, -0.05) is 17.7 Å². The molecule has 9 heteroatoms. The van der Waals surface area contributed by atoms with Gasteiger partial charge in [0.2, 0.25) is 15.9 Å². The lowest BCUT2D eigenvalue weighted by atomic mass is 10.2. The van der Waals surface area contributed by atoms with E-state index in [-0.39, 0.29) is 5.69 Å². The fourth-order valence-electron chi connectivity index (χ4n) is 2.77. The van der Waals surface area contributed by atoms with Gasteiger partial charge in [-0.3, -0.25) is 9.10 Å². The van der Waals surface area contributed by atoms with Crippen molar-refractivity contribution in [1.82, 2.24) is 0 Å². The molecule has 152 valence electrons. The number of amides is 1. The summed E-state index contributed by atoms with van der Waals surface area (Å²) in [5, 5.41) is 3.09. The van der Waals surface area contributed by atoms with Crippen molar-refractivity contribution in [1.29, 1.82) is 0 Å². The maximum atomic E-state index is 12.9. The lowest BCUT2D eigenvalue weighted by Gasteiger charge is -2.29. The van der Waals surface area contributed by atoms with E-state index < -0.39 is 22.0 Å². The van der Waals surface area contributed by atoms with Crippen LogP contribution in [0.4, 0.5) is 11.4 Å².